The van der Waals surface area contributed by atoms with Crippen LogP contribution in [-0.2, 0) is 32.9 Å². The summed E-state index contributed by atoms with van der Waals surface area (Å²) in [7, 11) is 0. The summed E-state index contributed by atoms with van der Waals surface area (Å²) >= 11 is 0. The van der Waals surface area contributed by atoms with Crippen molar-refractivity contribution in [2.75, 3.05) is 0 Å². The monoisotopic (exact) mass is 852 g/mol. The number of rotatable bonds is 9. The Morgan fingerprint density at radius 2 is 1.31 bits per heavy atom. The molecule has 259 valence electrons. The zero-order chi connectivity index (χ0) is 35.5. The summed E-state index contributed by atoms with van der Waals surface area (Å²) in [6.45, 7) is 4.30. The van der Waals surface area contributed by atoms with E-state index in [1.165, 1.54) is 38.9 Å². The molecule has 3 heteroatoms. The molecule has 0 saturated heterocycles. The SMILES string of the molecule is [2H]C1(c2ccc(-c3cc(-c4[c-]cc(-c5ccccc5-c5cc(C)cc(CCc6c[c-]c(-c7ccccn7)cc6)c5)cc4)ncc3C)cc2)CCCC1.[Ir]. The van der Waals surface area contributed by atoms with E-state index >= 15 is 0 Å². The van der Waals surface area contributed by atoms with Gasteiger partial charge in [-0.25, -0.2) is 0 Å². The first-order chi connectivity index (χ1) is 25.4. The van der Waals surface area contributed by atoms with E-state index in [1.54, 1.807) is 0 Å². The van der Waals surface area contributed by atoms with Crippen LogP contribution in [0, 0.1) is 26.0 Å². The molecule has 5 aromatic carbocycles. The van der Waals surface area contributed by atoms with Gasteiger partial charge in [0.2, 0.25) is 0 Å². The summed E-state index contributed by atoms with van der Waals surface area (Å²) < 4.78 is 8.90. The molecule has 1 saturated carbocycles. The van der Waals surface area contributed by atoms with E-state index in [4.69, 9.17) is 6.35 Å². The average Bonchev–Trinajstić information content (AvgIpc) is 3.65. The van der Waals surface area contributed by atoms with Gasteiger partial charge in [0, 0.05) is 33.9 Å². The van der Waals surface area contributed by atoms with Gasteiger partial charge in [0.1, 0.15) is 0 Å². The van der Waals surface area contributed by atoms with Crippen LogP contribution >= 0.6 is 0 Å². The molecule has 0 spiro atoms. The molecule has 0 amide bonds. The Hall–Kier alpha value is -4.95. The van der Waals surface area contributed by atoms with E-state index in [0.29, 0.717) is 0 Å². The van der Waals surface area contributed by atoms with Gasteiger partial charge in [-0.1, -0.05) is 121 Å². The summed E-state index contributed by atoms with van der Waals surface area (Å²) in [5.74, 6) is -0.429. The maximum Gasteiger partial charge on any atom is 0.0352 e. The fourth-order valence-electron chi connectivity index (χ4n) is 7.44. The van der Waals surface area contributed by atoms with Crippen molar-refractivity contribution >= 4 is 0 Å². The molecule has 0 N–H and O–H groups in total. The number of hydrogen-bond donors (Lipinski definition) is 0. The Morgan fingerprint density at radius 3 is 2.02 bits per heavy atom. The molecule has 52 heavy (non-hydrogen) atoms. The smallest absolute Gasteiger partial charge is 0.0352 e. The zero-order valence-electron chi connectivity index (χ0n) is 30.7. The fourth-order valence-corrected chi connectivity index (χ4v) is 7.44. The maximum atomic E-state index is 8.90. The molecule has 1 fully saturated rings. The molecule has 0 aliphatic heterocycles. The molecule has 7 aromatic rings. The van der Waals surface area contributed by atoms with Gasteiger partial charge in [-0.05, 0) is 95.4 Å². The second kappa shape index (κ2) is 16.2. The van der Waals surface area contributed by atoms with Crippen LogP contribution in [0.2, 0.25) is 0 Å². The van der Waals surface area contributed by atoms with Crippen molar-refractivity contribution in [2.45, 2.75) is 58.3 Å². The van der Waals surface area contributed by atoms with Crippen molar-refractivity contribution in [3.05, 3.63) is 180 Å². The van der Waals surface area contributed by atoms with E-state index in [-0.39, 0.29) is 20.1 Å². The molecule has 2 heterocycles. The molecule has 8 rings (SSSR count). The Labute approximate surface area is 323 Å². The zero-order valence-corrected chi connectivity index (χ0v) is 32.1. The number of aryl methyl sites for hydroxylation is 4. The van der Waals surface area contributed by atoms with E-state index in [1.807, 2.05) is 30.6 Å². The molecule has 2 aromatic heterocycles. The molecular weight excluding hydrogens is 809 g/mol. The minimum atomic E-state index is -0.429. The molecule has 2 nitrogen and oxygen atoms in total. The van der Waals surface area contributed by atoms with Crippen LogP contribution in [-0.4, -0.2) is 9.97 Å². The number of aromatic nitrogens is 2. The Kier molecular flexibility index (Phi) is 10.6. The Morgan fingerprint density at radius 1 is 0.615 bits per heavy atom. The van der Waals surface area contributed by atoms with Crippen LogP contribution < -0.4 is 0 Å². The molecule has 1 aliphatic carbocycles. The minimum Gasteiger partial charge on any atom is -0.305 e. The first kappa shape index (κ1) is 34.2. The maximum absolute atomic E-state index is 8.90. The predicted molar refractivity (Wildman–Crippen MR) is 211 cm³/mol. The fraction of sp³-hybridized carbons (Fsp3) is 0.184. The van der Waals surface area contributed by atoms with Gasteiger partial charge < -0.3 is 9.97 Å². The predicted octanol–water partition coefficient (Wildman–Crippen LogP) is 12.5. The van der Waals surface area contributed by atoms with Gasteiger partial charge in [0.25, 0.3) is 0 Å². The van der Waals surface area contributed by atoms with Crippen molar-refractivity contribution in [1.82, 2.24) is 9.97 Å². The van der Waals surface area contributed by atoms with E-state index in [9.17, 15) is 0 Å². The molecule has 1 radical (unpaired) electrons. The Bertz CT molecular complexity index is 2310. The number of hydrogen-bond acceptors (Lipinski definition) is 2. The summed E-state index contributed by atoms with van der Waals surface area (Å²) in [4.78, 5) is 9.26. The van der Waals surface area contributed by atoms with Crippen LogP contribution in [0.15, 0.2) is 140 Å². The van der Waals surface area contributed by atoms with Crippen molar-refractivity contribution < 1.29 is 21.5 Å². The summed E-state index contributed by atoms with van der Waals surface area (Å²) in [5, 5.41) is 0. The topological polar surface area (TPSA) is 25.8 Å². The molecule has 0 bridgehead atoms. The van der Waals surface area contributed by atoms with Gasteiger partial charge in [-0.3, -0.25) is 0 Å². The molecule has 0 unspecified atom stereocenters. The normalized spacial score (nSPS) is 13.7. The van der Waals surface area contributed by atoms with Crippen LogP contribution in [0.5, 0.6) is 0 Å². The van der Waals surface area contributed by atoms with E-state index < -0.39 is 5.89 Å². The number of benzene rings is 5. The van der Waals surface area contributed by atoms with Crippen molar-refractivity contribution in [1.29, 1.82) is 0 Å². The van der Waals surface area contributed by atoms with Crippen LogP contribution in [0.3, 0.4) is 0 Å². The minimum absolute atomic E-state index is 0. The summed E-state index contributed by atoms with van der Waals surface area (Å²) in [6.07, 6.45) is 9.90. The molecular formula is C49H42IrN2-2. The second-order valence-corrected chi connectivity index (χ2v) is 13.8. The van der Waals surface area contributed by atoms with Gasteiger partial charge in [0.05, 0.1) is 0 Å². The van der Waals surface area contributed by atoms with Crippen molar-refractivity contribution in [3.63, 3.8) is 0 Å². The first-order valence-electron chi connectivity index (χ1n) is 18.6. The third-order valence-corrected chi connectivity index (χ3v) is 10.2. The average molecular weight is 852 g/mol. The standard InChI is InChI=1S/C49H42N2.Ir/c1-34-29-37(15-14-36-16-18-42(19-17-36)48-13-7-8-28-50-48)31-44(30-34)46-12-6-5-11-45(46)40-24-26-43(27-25-40)49-32-47(35(2)33-51-49)41-22-20-39(21-23-41)38-9-3-4-10-38;/h5-8,11-13,16-18,20-26,28-33,38H,3-4,9-10,14-15H2,1-2H3;/q-2;/i38D;. The van der Waals surface area contributed by atoms with Crippen molar-refractivity contribution in [2.24, 2.45) is 0 Å². The van der Waals surface area contributed by atoms with Gasteiger partial charge in [-0.2, -0.15) is 0 Å². The summed E-state index contributed by atoms with van der Waals surface area (Å²) in [6, 6.07) is 52.3. The molecule has 1 aliphatic rings. The third kappa shape index (κ3) is 7.92. The second-order valence-electron chi connectivity index (χ2n) is 13.8. The van der Waals surface area contributed by atoms with Crippen LogP contribution in [0.25, 0.3) is 55.9 Å². The van der Waals surface area contributed by atoms with E-state index in [2.05, 4.69) is 140 Å². The number of nitrogens with zero attached hydrogens (tertiary/aromatic N) is 2. The quantitative estimate of drug-likeness (QED) is 0.135. The van der Waals surface area contributed by atoms with Crippen LogP contribution in [0.4, 0.5) is 0 Å². The van der Waals surface area contributed by atoms with Crippen LogP contribution in [0.1, 0.15) is 60.8 Å². The first-order valence-corrected chi connectivity index (χ1v) is 18.1. The van der Waals surface area contributed by atoms with Crippen molar-refractivity contribution in [3.8, 4) is 55.9 Å². The van der Waals surface area contributed by atoms with Gasteiger partial charge >= 0.3 is 0 Å². The van der Waals surface area contributed by atoms with Gasteiger partial charge in [-0.15, -0.1) is 65.2 Å². The third-order valence-electron chi connectivity index (χ3n) is 10.2. The van der Waals surface area contributed by atoms with E-state index in [0.717, 1.165) is 83.3 Å². The summed E-state index contributed by atoms with van der Waals surface area (Å²) in [5.41, 5.74) is 17.1. The molecule has 0 atom stereocenters. The van der Waals surface area contributed by atoms with Gasteiger partial charge in [0.15, 0.2) is 0 Å². The Balaban J connectivity index is 0.00000435. The number of pyridine rings is 2. The largest absolute Gasteiger partial charge is 0.305 e.